The first-order valence-corrected chi connectivity index (χ1v) is 12.1. The quantitative estimate of drug-likeness (QED) is 0.0970. The summed E-state index contributed by atoms with van der Waals surface area (Å²) >= 11 is 0. The molecule has 1 fully saturated rings. The summed E-state index contributed by atoms with van der Waals surface area (Å²) in [7, 11) is 0. The summed E-state index contributed by atoms with van der Waals surface area (Å²) in [5.74, 6) is -1.00. The number of carbonyl (C=O) groups excluding carboxylic acids is 3. The van der Waals surface area contributed by atoms with E-state index in [9.17, 15) is 14.4 Å². The Hall–Kier alpha value is -2.17. The van der Waals surface area contributed by atoms with Gasteiger partial charge in [0.25, 0.3) is 0 Å². The molecule has 0 aliphatic heterocycles. The summed E-state index contributed by atoms with van der Waals surface area (Å²) in [5, 5.41) is 2.95. The Labute approximate surface area is 209 Å². The van der Waals surface area contributed by atoms with Crippen LogP contribution in [0.25, 0.3) is 0 Å². The van der Waals surface area contributed by atoms with Gasteiger partial charge >= 0.3 is 18.0 Å². The molecular formula is C25H44N2O8. The van der Waals surface area contributed by atoms with Crippen LogP contribution in [-0.4, -0.2) is 56.0 Å². The van der Waals surface area contributed by atoms with E-state index in [0.717, 1.165) is 12.8 Å². The number of hydroxylamine groups is 1. The van der Waals surface area contributed by atoms with E-state index in [2.05, 4.69) is 38.1 Å². The van der Waals surface area contributed by atoms with Crippen LogP contribution in [-0.2, 0) is 33.7 Å². The molecule has 2 N–H and O–H groups in total. The Morgan fingerprint density at radius 2 is 1.63 bits per heavy atom. The molecule has 0 spiro atoms. The van der Waals surface area contributed by atoms with Crippen LogP contribution in [0, 0.1) is 16.7 Å². The molecule has 0 saturated heterocycles. The van der Waals surface area contributed by atoms with Crippen LogP contribution in [0.4, 0.5) is 4.79 Å². The fourth-order valence-corrected chi connectivity index (χ4v) is 4.32. The van der Waals surface area contributed by atoms with Gasteiger partial charge in [0.05, 0.1) is 5.92 Å². The minimum atomic E-state index is -0.588. The van der Waals surface area contributed by atoms with Gasteiger partial charge in [-0.15, -0.1) is 4.99 Å². The van der Waals surface area contributed by atoms with Gasteiger partial charge in [-0.05, 0) is 50.9 Å². The standard InChI is InChI=1S/C25H44N2O8/c1-16(2)21(28)31-12-18(5)33-23(30)27-20-10-24(7,8)14-25(9,11-20)15-26-35-34-19(6)13-32-22(29)17(3)4/h17-20,26H,1,10-15H2,2-9H3,(H,27,30). The molecule has 35 heavy (non-hydrogen) atoms. The lowest BCUT2D eigenvalue weighted by Crippen LogP contribution is -2.50. The number of carbonyl (C=O) groups is 3. The number of esters is 2. The van der Waals surface area contributed by atoms with E-state index in [1.54, 1.807) is 34.6 Å². The van der Waals surface area contributed by atoms with Crippen molar-refractivity contribution in [3.63, 3.8) is 0 Å². The van der Waals surface area contributed by atoms with Crippen LogP contribution in [0.15, 0.2) is 12.2 Å². The highest BCUT2D eigenvalue weighted by molar-refractivity contribution is 5.86. The Kier molecular flexibility index (Phi) is 12.2. The lowest BCUT2D eigenvalue weighted by molar-refractivity contribution is -0.365. The summed E-state index contributed by atoms with van der Waals surface area (Å²) in [6.45, 7) is 19.0. The third-order valence-corrected chi connectivity index (χ3v) is 5.57. The first-order valence-electron chi connectivity index (χ1n) is 12.1. The van der Waals surface area contributed by atoms with Crippen molar-refractivity contribution in [2.24, 2.45) is 16.7 Å². The second-order valence-electron chi connectivity index (χ2n) is 11.1. The normalized spacial score (nSPS) is 23.2. The molecule has 1 amide bonds. The van der Waals surface area contributed by atoms with Crippen molar-refractivity contribution in [3.8, 4) is 0 Å². The largest absolute Gasteiger partial charge is 0.463 e. The molecule has 1 aliphatic carbocycles. The SMILES string of the molecule is C=C(C)C(=O)OCC(C)OC(=O)NC1CC(C)(C)CC(C)(CNOOC(C)COC(=O)C(C)C)C1. The highest BCUT2D eigenvalue weighted by Gasteiger charge is 2.42. The Bertz CT molecular complexity index is 739. The van der Waals surface area contributed by atoms with Crippen molar-refractivity contribution >= 4 is 18.0 Å². The molecular weight excluding hydrogens is 456 g/mol. The van der Waals surface area contributed by atoms with E-state index in [1.807, 2.05) is 0 Å². The van der Waals surface area contributed by atoms with E-state index in [1.165, 1.54) is 0 Å². The molecule has 0 aromatic heterocycles. The average Bonchev–Trinajstić information content (AvgIpc) is 2.71. The van der Waals surface area contributed by atoms with E-state index in [4.69, 9.17) is 24.1 Å². The molecule has 0 radical (unpaired) electrons. The molecule has 0 aromatic carbocycles. The van der Waals surface area contributed by atoms with Crippen molar-refractivity contribution in [1.82, 2.24) is 10.8 Å². The van der Waals surface area contributed by atoms with Crippen molar-refractivity contribution in [2.45, 2.75) is 92.9 Å². The van der Waals surface area contributed by atoms with Crippen LogP contribution < -0.4 is 10.8 Å². The van der Waals surface area contributed by atoms with Crippen LogP contribution in [0.3, 0.4) is 0 Å². The number of ether oxygens (including phenoxy) is 3. The smallest absolute Gasteiger partial charge is 0.407 e. The van der Waals surface area contributed by atoms with Gasteiger partial charge in [-0.3, -0.25) is 4.79 Å². The lowest BCUT2D eigenvalue weighted by Gasteiger charge is -2.46. The van der Waals surface area contributed by atoms with E-state index < -0.39 is 24.3 Å². The molecule has 0 bridgehead atoms. The average molecular weight is 501 g/mol. The molecule has 202 valence electrons. The van der Waals surface area contributed by atoms with Crippen molar-refractivity contribution in [3.05, 3.63) is 12.2 Å². The highest BCUT2D eigenvalue weighted by atomic mass is 17.3. The van der Waals surface area contributed by atoms with Gasteiger partial charge in [-0.2, -0.15) is 5.48 Å². The molecule has 0 heterocycles. The fourth-order valence-electron chi connectivity index (χ4n) is 4.32. The highest BCUT2D eigenvalue weighted by Crippen LogP contribution is 2.45. The van der Waals surface area contributed by atoms with Crippen LogP contribution in [0.5, 0.6) is 0 Å². The van der Waals surface area contributed by atoms with Gasteiger partial charge in [0, 0.05) is 18.2 Å². The van der Waals surface area contributed by atoms with Gasteiger partial charge in [-0.1, -0.05) is 41.2 Å². The summed E-state index contributed by atoms with van der Waals surface area (Å²) in [6, 6.07) is -0.0986. The van der Waals surface area contributed by atoms with Crippen LogP contribution in [0.1, 0.15) is 74.7 Å². The molecule has 1 saturated carbocycles. The third-order valence-electron chi connectivity index (χ3n) is 5.57. The molecule has 10 nitrogen and oxygen atoms in total. The first kappa shape index (κ1) is 30.9. The van der Waals surface area contributed by atoms with Gasteiger partial charge in [0.2, 0.25) is 0 Å². The molecule has 0 aromatic rings. The molecule has 4 unspecified atom stereocenters. The Morgan fingerprint density at radius 3 is 2.23 bits per heavy atom. The zero-order valence-electron chi connectivity index (χ0n) is 22.5. The van der Waals surface area contributed by atoms with Crippen molar-refractivity contribution in [1.29, 1.82) is 0 Å². The predicted octanol–water partition coefficient (Wildman–Crippen LogP) is 3.85. The number of alkyl carbamates (subject to hydrolysis) is 1. The molecule has 10 heteroatoms. The fraction of sp³-hybridized carbons (Fsp3) is 0.800. The number of nitrogens with one attached hydrogen (secondary N) is 2. The lowest BCUT2D eigenvalue weighted by atomic mass is 9.62. The maximum atomic E-state index is 12.4. The topological polar surface area (TPSA) is 121 Å². The summed E-state index contributed by atoms with van der Waals surface area (Å²) < 4.78 is 15.5. The molecule has 4 atom stereocenters. The number of amides is 1. The summed E-state index contributed by atoms with van der Waals surface area (Å²) in [6.07, 6.45) is 0.857. The molecule has 1 rings (SSSR count). The predicted molar refractivity (Wildman–Crippen MR) is 130 cm³/mol. The minimum Gasteiger partial charge on any atom is -0.463 e. The van der Waals surface area contributed by atoms with Gasteiger partial charge in [0.15, 0.2) is 0 Å². The summed E-state index contributed by atoms with van der Waals surface area (Å²) in [4.78, 5) is 45.8. The first-order chi connectivity index (χ1) is 16.1. The Morgan fingerprint density at radius 1 is 1.00 bits per heavy atom. The zero-order valence-corrected chi connectivity index (χ0v) is 22.5. The van der Waals surface area contributed by atoms with Gasteiger partial charge in [0.1, 0.15) is 25.4 Å². The Balaban J connectivity index is 2.48. The van der Waals surface area contributed by atoms with E-state index >= 15 is 0 Å². The maximum Gasteiger partial charge on any atom is 0.407 e. The van der Waals surface area contributed by atoms with Gasteiger partial charge in [-0.25, -0.2) is 14.5 Å². The number of hydrogen-bond acceptors (Lipinski definition) is 9. The van der Waals surface area contributed by atoms with Gasteiger partial charge < -0.3 is 19.5 Å². The second-order valence-corrected chi connectivity index (χ2v) is 11.1. The van der Waals surface area contributed by atoms with Crippen molar-refractivity contribution in [2.75, 3.05) is 19.8 Å². The third kappa shape index (κ3) is 12.4. The van der Waals surface area contributed by atoms with E-state index in [0.29, 0.717) is 13.0 Å². The second kappa shape index (κ2) is 13.8. The number of hydrogen-bond donors (Lipinski definition) is 2. The zero-order chi connectivity index (χ0) is 26.8. The van der Waals surface area contributed by atoms with E-state index in [-0.39, 0.29) is 47.5 Å². The molecule has 1 aliphatic rings. The van der Waals surface area contributed by atoms with Crippen molar-refractivity contribution < 1.29 is 38.5 Å². The maximum absolute atomic E-state index is 12.4. The van der Waals surface area contributed by atoms with Crippen LogP contribution >= 0.6 is 0 Å². The number of rotatable bonds is 13. The summed E-state index contributed by atoms with van der Waals surface area (Å²) in [5.41, 5.74) is 2.94. The monoisotopic (exact) mass is 500 g/mol. The minimum absolute atomic E-state index is 0.0194. The van der Waals surface area contributed by atoms with Crippen LogP contribution in [0.2, 0.25) is 0 Å².